The van der Waals surface area contributed by atoms with Crippen molar-refractivity contribution in [2.75, 3.05) is 76.6 Å². The van der Waals surface area contributed by atoms with Gasteiger partial charge < -0.3 is 28.7 Å². The van der Waals surface area contributed by atoms with Crippen LogP contribution in [0.25, 0.3) is 32.2 Å². The summed E-state index contributed by atoms with van der Waals surface area (Å²) in [5, 5.41) is 0.807. The predicted molar refractivity (Wildman–Crippen MR) is 136 cm³/mol. The van der Waals surface area contributed by atoms with E-state index in [1.165, 1.54) is 0 Å². The first-order valence-corrected chi connectivity index (χ1v) is 12.6. The third kappa shape index (κ3) is 4.08. The molecule has 6 rings (SSSR count). The van der Waals surface area contributed by atoms with Crippen molar-refractivity contribution < 1.29 is 18.9 Å². The molecule has 2 aliphatic rings. The first-order valence-electron chi connectivity index (χ1n) is 11.8. The largest absolute Gasteiger partial charge is 0.494 e. The maximum absolute atomic E-state index is 5.66. The van der Waals surface area contributed by atoms with Crippen molar-refractivity contribution in [3.8, 4) is 16.6 Å². The van der Waals surface area contributed by atoms with Crippen LogP contribution < -0.4 is 14.5 Å². The molecule has 0 saturated carbocycles. The molecule has 2 saturated heterocycles. The van der Waals surface area contributed by atoms with E-state index in [9.17, 15) is 0 Å². The van der Waals surface area contributed by atoms with Crippen molar-refractivity contribution in [2.45, 2.75) is 6.73 Å². The molecule has 11 heteroatoms. The molecule has 0 amide bonds. The third-order valence-electron chi connectivity index (χ3n) is 6.42. The van der Waals surface area contributed by atoms with Crippen molar-refractivity contribution >= 4 is 44.2 Å². The second-order valence-electron chi connectivity index (χ2n) is 8.48. The number of aromatic nitrogens is 4. The number of ether oxygens (including phenoxy) is 4. The van der Waals surface area contributed by atoms with Crippen LogP contribution in [0.5, 0.6) is 5.75 Å². The lowest BCUT2D eigenvalue weighted by Gasteiger charge is -2.29. The minimum absolute atomic E-state index is 0.328. The number of benzene rings is 1. The second kappa shape index (κ2) is 9.57. The highest BCUT2D eigenvalue weighted by molar-refractivity contribution is 7.22. The maximum atomic E-state index is 5.66. The fourth-order valence-corrected chi connectivity index (χ4v) is 5.78. The molecule has 2 aliphatic heterocycles. The van der Waals surface area contributed by atoms with E-state index in [4.69, 9.17) is 33.9 Å². The summed E-state index contributed by atoms with van der Waals surface area (Å²) in [6.45, 7) is 6.55. The predicted octanol–water partition coefficient (Wildman–Crippen LogP) is 2.99. The van der Waals surface area contributed by atoms with Crippen LogP contribution in [0.2, 0.25) is 0 Å². The van der Waals surface area contributed by atoms with E-state index in [1.54, 1.807) is 25.6 Å². The van der Waals surface area contributed by atoms with Crippen LogP contribution in [0.1, 0.15) is 0 Å². The lowest BCUT2D eigenvalue weighted by molar-refractivity contribution is 0.122. The summed E-state index contributed by atoms with van der Waals surface area (Å²) >= 11 is 1.62. The summed E-state index contributed by atoms with van der Waals surface area (Å²) in [6.07, 6.45) is 0. The number of anilines is 2. The Kier molecular flexibility index (Phi) is 6.15. The molecule has 0 bridgehead atoms. The average Bonchev–Trinajstić information content (AvgIpc) is 3.51. The van der Waals surface area contributed by atoms with Gasteiger partial charge in [-0.15, -0.1) is 11.3 Å². The van der Waals surface area contributed by atoms with Gasteiger partial charge in [-0.2, -0.15) is 0 Å². The number of methoxy groups -OCH3 is 2. The minimum atomic E-state index is 0.328. The highest BCUT2D eigenvalue weighted by Gasteiger charge is 2.23. The summed E-state index contributed by atoms with van der Waals surface area (Å²) in [4.78, 5) is 19.5. The normalized spacial score (nSPS) is 17.0. The molecule has 0 radical (unpaired) electrons. The SMILES string of the molecule is COCn1c(-c2nc3c(OC)ccc(N4CCOCC4)c3s2)nc2ccc(N3CCOCC3)nc21. The zero-order chi connectivity index (χ0) is 23.8. The van der Waals surface area contributed by atoms with Gasteiger partial charge in [-0.05, 0) is 24.3 Å². The van der Waals surface area contributed by atoms with Crippen molar-refractivity contribution in [1.82, 2.24) is 19.5 Å². The van der Waals surface area contributed by atoms with Crippen molar-refractivity contribution in [3.63, 3.8) is 0 Å². The Labute approximate surface area is 207 Å². The number of hydrogen-bond donors (Lipinski definition) is 0. The van der Waals surface area contributed by atoms with Gasteiger partial charge >= 0.3 is 0 Å². The maximum Gasteiger partial charge on any atom is 0.173 e. The zero-order valence-corrected chi connectivity index (χ0v) is 20.7. The van der Waals surface area contributed by atoms with Crippen LogP contribution >= 0.6 is 11.3 Å². The van der Waals surface area contributed by atoms with Gasteiger partial charge in [-0.25, -0.2) is 15.0 Å². The molecule has 0 unspecified atom stereocenters. The number of hydrogen-bond acceptors (Lipinski definition) is 10. The highest BCUT2D eigenvalue weighted by atomic mass is 32.1. The van der Waals surface area contributed by atoms with E-state index < -0.39 is 0 Å². The van der Waals surface area contributed by atoms with Gasteiger partial charge in [-0.1, -0.05) is 0 Å². The Morgan fingerprint density at radius 1 is 0.886 bits per heavy atom. The number of morpholine rings is 2. The quantitative estimate of drug-likeness (QED) is 0.400. The summed E-state index contributed by atoms with van der Waals surface area (Å²) in [5.74, 6) is 2.41. The summed E-state index contributed by atoms with van der Waals surface area (Å²) in [7, 11) is 3.36. The number of fused-ring (bicyclic) bond motifs is 2. The van der Waals surface area contributed by atoms with Crippen LogP contribution in [-0.2, 0) is 20.9 Å². The molecule has 0 aliphatic carbocycles. The Morgan fingerprint density at radius 2 is 1.63 bits per heavy atom. The van der Waals surface area contributed by atoms with Gasteiger partial charge in [0.2, 0.25) is 0 Å². The molecule has 3 aromatic heterocycles. The van der Waals surface area contributed by atoms with Crippen molar-refractivity contribution in [3.05, 3.63) is 24.3 Å². The van der Waals surface area contributed by atoms with E-state index in [-0.39, 0.29) is 0 Å². The molecule has 2 fully saturated rings. The van der Waals surface area contributed by atoms with Gasteiger partial charge in [-0.3, -0.25) is 4.57 Å². The first-order chi connectivity index (χ1) is 17.3. The van der Waals surface area contributed by atoms with Gasteiger partial charge in [0.25, 0.3) is 0 Å². The Hall–Kier alpha value is -2.99. The van der Waals surface area contributed by atoms with Crippen molar-refractivity contribution in [1.29, 1.82) is 0 Å². The monoisotopic (exact) mass is 496 g/mol. The Bertz CT molecular complexity index is 1340. The molecule has 0 N–H and O–H groups in total. The van der Waals surface area contributed by atoms with Gasteiger partial charge in [0.05, 0.1) is 43.9 Å². The molecule has 5 heterocycles. The van der Waals surface area contributed by atoms with E-state index in [0.29, 0.717) is 19.9 Å². The number of thiazole rings is 1. The molecule has 1 aromatic carbocycles. The van der Waals surface area contributed by atoms with Crippen molar-refractivity contribution in [2.24, 2.45) is 0 Å². The molecule has 0 atom stereocenters. The standard InChI is InChI=1S/C24H28N6O4S/c1-31-15-30-22-16(3-6-19(26-22)29-9-13-34-14-10-29)25-23(30)24-27-20-18(32-2)5-4-17(21(20)35-24)28-7-11-33-12-8-28/h3-6H,7-15H2,1-2H3. The van der Waals surface area contributed by atoms with E-state index in [1.807, 2.05) is 22.8 Å². The zero-order valence-electron chi connectivity index (χ0n) is 19.9. The Balaban J connectivity index is 1.47. The molecule has 10 nitrogen and oxygen atoms in total. The molecule has 35 heavy (non-hydrogen) atoms. The molecule has 4 aromatic rings. The van der Waals surface area contributed by atoms with E-state index in [0.717, 1.165) is 88.9 Å². The van der Waals surface area contributed by atoms with Crippen LogP contribution in [0, 0.1) is 0 Å². The van der Waals surface area contributed by atoms with Crippen LogP contribution in [0.15, 0.2) is 24.3 Å². The lowest BCUT2D eigenvalue weighted by atomic mass is 10.2. The smallest absolute Gasteiger partial charge is 0.173 e. The fraction of sp³-hybridized carbons (Fsp3) is 0.458. The first kappa shape index (κ1) is 22.5. The number of rotatable bonds is 6. The number of nitrogens with zero attached hydrogens (tertiary/aromatic N) is 6. The van der Waals surface area contributed by atoms with E-state index in [2.05, 4.69) is 15.9 Å². The fourth-order valence-electron chi connectivity index (χ4n) is 4.66. The van der Waals surface area contributed by atoms with Crippen LogP contribution in [0.4, 0.5) is 11.5 Å². The average molecular weight is 497 g/mol. The third-order valence-corrected chi connectivity index (χ3v) is 7.49. The minimum Gasteiger partial charge on any atom is -0.494 e. The van der Waals surface area contributed by atoms with Crippen LogP contribution in [-0.4, -0.2) is 86.3 Å². The molecular weight excluding hydrogens is 468 g/mol. The second-order valence-corrected chi connectivity index (χ2v) is 9.48. The molecular formula is C24H28N6O4S. The highest BCUT2D eigenvalue weighted by Crippen LogP contribution is 2.41. The van der Waals surface area contributed by atoms with Gasteiger partial charge in [0, 0.05) is 33.3 Å². The summed E-state index contributed by atoms with van der Waals surface area (Å²) < 4.78 is 25.4. The summed E-state index contributed by atoms with van der Waals surface area (Å²) in [6, 6.07) is 8.16. The number of imidazole rings is 1. The topological polar surface area (TPSA) is 87.0 Å². The lowest BCUT2D eigenvalue weighted by Crippen LogP contribution is -2.36. The number of pyridine rings is 1. The van der Waals surface area contributed by atoms with Crippen LogP contribution in [0.3, 0.4) is 0 Å². The Morgan fingerprint density at radius 3 is 2.34 bits per heavy atom. The summed E-state index contributed by atoms with van der Waals surface area (Å²) in [5.41, 5.74) is 3.59. The molecule has 0 spiro atoms. The molecule has 184 valence electrons. The van der Waals surface area contributed by atoms with Gasteiger partial charge in [0.1, 0.15) is 29.3 Å². The van der Waals surface area contributed by atoms with Gasteiger partial charge in [0.15, 0.2) is 16.5 Å². The van der Waals surface area contributed by atoms with E-state index >= 15 is 0 Å².